The van der Waals surface area contributed by atoms with E-state index in [4.69, 9.17) is 0 Å². The molecule has 0 spiro atoms. The highest BCUT2D eigenvalue weighted by Gasteiger charge is 2.20. The van der Waals surface area contributed by atoms with Gasteiger partial charge in [0.25, 0.3) is 0 Å². The van der Waals surface area contributed by atoms with Crippen LogP contribution in [0.25, 0.3) is 0 Å². The largest absolute Gasteiger partial charge is 0.334 e. The lowest BCUT2D eigenvalue weighted by atomic mass is 10.1. The molecule has 8 heteroatoms. The third kappa shape index (κ3) is 6.15. The van der Waals surface area contributed by atoms with Gasteiger partial charge >= 0.3 is 6.03 Å². The van der Waals surface area contributed by atoms with E-state index in [1.807, 2.05) is 13.8 Å². The van der Waals surface area contributed by atoms with Crippen LogP contribution in [0.4, 0.5) is 14.3 Å². The summed E-state index contributed by atoms with van der Waals surface area (Å²) in [6.45, 7) is 4.09. The number of hydrogen-bond acceptors (Lipinski definition) is 4. The fourth-order valence-corrected chi connectivity index (χ4v) is 2.82. The molecule has 25 heavy (non-hydrogen) atoms. The predicted molar refractivity (Wildman–Crippen MR) is 95.9 cm³/mol. The van der Waals surface area contributed by atoms with Crippen molar-refractivity contribution in [1.29, 1.82) is 0 Å². The summed E-state index contributed by atoms with van der Waals surface area (Å²) in [5.41, 5.74) is 0.770. The molecule has 0 saturated heterocycles. The van der Waals surface area contributed by atoms with Gasteiger partial charge in [0.1, 0.15) is 11.9 Å². The van der Waals surface area contributed by atoms with E-state index in [1.165, 1.54) is 23.5 Å². The number of amides is 3. The lowest BCUT2D eigenvalue weighted by Gasteiger charge is -2.17. The second kappa shape index (κ2) is 9.12. The molecule has 1 aromatic heterocycles. The molecule has 0 bridgehead atoms. The number of carbonyl (C=O) groups is 2. The van der Waals surface area contributed by atoms with E-state index in [1.54, 1.807) is 18.3 Å². The molecule has 0 fully saturated rings. The van der Waals surface area contributed by atoms with Crippen LogP contribution in [0.15, 0.2) is 30.5 Å². The Morgan fingerprint density at radius 2 is 2.00 bits per heavy atom. The molecule has 2 rings (SSSR count). The molecule has 1 atom stereocenters. The Hall–Kier alpha value is -2.48. The number of urea groups is 1. The number of thiazole rings is 1. The van der Waals surface area contributed by atoms with Crippen molar-refractivity contribution in [3.8, 4) is 0 Å². The maximum absolute atomic E-state index is 12.9. The van der Waals surface area contributed by atoms with Crippen molar-refractivity contribution in [2.45, 2.75) is 39.3 Å². The predicted octanol–water partition coefficient (Wildman–Crippen LogP) is 3.20. The van der Waals surface area contributed by atoms with Crippen molar-refractivity contribution >= 4 is 28.4 Å². The van der Waals surface area contributed by atoms with E-state index in [0.717, 1.165) is 16.9 Å². The number of anilines is 1. The standard InChI is InChI=1S/C17H21FN4O2S/c1-3-4-14(15(23)22-17-20-9-11(2)25-17)21-16(24)19-10-12-5-7-13(18)8-6-12/h5-9,14H,3-4,10H2,1-2H3,(H2,19,21,24)(H,20,22,23). The molecule has 0 radical (unpaired) electrons. The Kier molecular flexibility index (Phi) is 6.88. The Bertz CT molecular complexity index is 718. The molecule has 134 valence electrons. The average Bonchev–Trinajstić information content (AvgIpc) is 2.99. The van der Waals surface area contributed by atoms with Gasteiger partial charge in [-0.1, -0.05) is 25.5 Å². The van der Waals surface area contributed by atoms with E-state index in [-0.39, 0.29) is 18.3 Å². The first-order chi connectivity index (χ1) is 12.0. The number of hydrogen-bond donors (Lipinski definition) is 3. The van der Waals surface area contributed by atoms with Crippen molar-refractivity contribution in [1.82, 2.24) is 15.6 Å². The summed E-state index contributed by atoms with van der Waals surface area (Å²) in [4.78, 5) is 29.5. The van der Waals surface area contributed by atoms with Crippen molar-refractivity contribution in [3.63, 3.8) is 0 Å². The number of aromatic nitrogens is 1. The molecular formula is C17H21FN4O2S. The zero-order valence-electron chi connectivity index (χ0n) is 14.1. The first kappa shape index (κ1) is 18.9. The molecule has 0 saturated carbocycles. The summed E-state index contributed by atoms with van der Waals surface area (Å²) in [6.07, 6.45) is 2.94. The van der Waals surface area contributed by atoms with Gasteiger partial charge in [0, 0.05) is 17.6 Å². The highest BCUT2D eigenvalue weighted by atomic mass is 32.1. The van der Waals surface area contributed by atoms with Crippen LogP contribution in [0.2, 0.25) is 0 Å². The lowest BCUT2D eigenvalue weighted by Crippen LogP contribution is -2.47. The first-order valence-electron chi connectivity index (χ1n) is 8.00. The van der Waals surface area contributed by atoms with Crippen LogP contribution in [-0.4, -0.2) is 23.0 Å². The van der Waals surface area contributed by atoms with Crippen LogP contribution < -0.4 is 16.0 Å². The summed E-state index contributed by atoms with van der Waals surface area (Å²) >= 11 is 1.38. The van der Waals surface area contributed by atoms with Crippen molar-refractivity contribution < 1.29 is 14.0 Å². The quantitative estimate of drug-likeness (QED) is 0.705. The fraction of sp³-hybridized carbons (Fsp3) is 0.353. The smallest absolute Gasteiger partial charge is 0.315 e. The number of aryl methyl sites for hydroxylation is 1. The van der Waals surface area contributed by atoms with Crippen molar-refractivity contribution in [2.24, 2.45) is 0 Å². The highest BCUT2D eigenvalue weighted by Crippen LogP contribution is 2.17. The molecule has 6 nitrogen and oxygen atoms in total. The zero-order chi connectivity index (χ0) is 18.2. The van der Waals surface area contributed by atoms with Gasteiger partial charge in [-0.2, -0.15) is 0 Å². The number of rotatable bonds is 7. The average molecular weight is 364 g/mol. The molecule has 0 aliphatic rings. The van der Waals surface area contributed by atoms with Crippen molar-refractivity contribution in [2.75, 3.05) is 5.32 Å². The minimum atomic E-state index is -0.651. The van der Waals surface area contributed by atoms with Crippen molar-refractivity contribution in [3.05, 3.63) is 46.7 Å². The molecule has 0 aliphatic heterocycles. The number of halogens is 1. The summed E-state index contributed by atoms with van der Waals surface area (Å²) < 4.78 is 12.9. The van der Waals surface area contributed by atoms with E-state index < -0.39 is 12.1 Å². The second-order valence-corrected chi connectivity index (χ2v) is 6.79. The SMILES string of the molecule is CCCC(NC(=O)NCc1ccc(F)cc1)C(=O)Nc1ncc(C)s1. The van der Waals surface area contributed by atoms with Gasteiger partial charge in [0.05, 0.1) is 0 Å². The fourth-order valence-electron chi connectivity index (χ4n) is 2.16. The Morgan fingerprint density at radius 3 is 2.60 bits per heavy atom. The Morgan fingerprint density at radius 1 is 1.28 bits per heavy atom. The molecule has 1 unspecified atom stereocenters. The Balaban J connectivity index is 1.87. The van der Waals surface area contributed by atoms with Crippen LogP contribution in [-0.2, 0) is 11.3 Å². The summed E-state index contributed by atoms with van der Waals surface area (Å²) in [5.74, 6) is -0.626. The monoisotopic (exact) mass is 364 g/mol. The van der Waals surface area contributed by atoms with Gasteiger partial charge in [-0.05, 0) is 31.0 Å². The third-order valence-electron chi connectivity index (χ3n) is 3.42. The van der Waals surface area contributed by atoms with Crippen LogP contribution >= 0.6 is 11.3 Å². The third-order valence-corrected chi connectivity index (χ3v) is 4.25. The van der Waals surface area contributed by atoms with Gasteiger partial charge in [-0.3, -0.25) is 4.79 Å². The summed E-state index contributed by atoms with van der Waals surface area (Å²) in [7, 11) is 0. The Labute approximate surface area is 149 Å². The molecular weight excluding hydrogens is 343 g/mol. The minimum absolute atomic E-state index is 0.248. The molecule has 1 aromatic carbocycles. The van der Waals surface area contributed by atoms with E-state index in [0.29, 0.717) is 11.6 Å². The first-order valence-corrected chi connectivity index (χ1v) is 8.81. The summed E-state index contributed by atoms with van der Waals surface area (Å²) in [6, 6.07) is 4.75. The zero-order valence-corrected chi connectivity index (χ0v) is 15.0. The van der Waals surface area contributed by atoms with E-state index >= 15 is 0 Å². The topological polar surface area (TPSA) is 83.1 Å². The normalized spacial score (nSPS) is 11.6. The molecule has 3 N–H and O–H groups in total. The highest BCUT2D eigenvalue weighted by molar-refractivity contribution is 7.15. The molecule has 3 amide bonds. The van der Waals surface area contributed by atoms with Crippen LogP contribution in [0.3, 0.4) is 0 Å². The lowest BCUT2D eigenvalue weighted by molar-refractivity contribution is -0.118. The van der Waals surface area contributed by atoms with E-state index in [9.17, 15) is 14.0 Å². The van der Waals surface area contributed by atoms with Crippen LogP contribution in [0.1, 0.15) is 30.2 Å². The number of nitrogens with zero attached hydrogens (tertiary/aromatic N) is 1. The minimum Gasteiger partial charge on any atom is -0.334 e. The number of benzene rings is 1. The second-order valence-electron chi connectivity index (χ2n) is 5.56. The van der Waals surface area contributed by atoms with E-state index in [2.05, 4.69) is 20.9 Å². The summed E-state index contributed by atoms with van der Waals surface area (Å²) in [5, 5.41) is 8.56. The maximum atomic E-state index is 12.9. The van der Waals surface area contributed by atoms with Gasteiger partial charge in [0.2, 0.25) is 5.91 Å². The van der Waals surface area contributed by atoms with Crippen LogP contribution in [0.5, 0.6) is 0 Å². The number of carbonyl (C=O) groups excluding carboxylic acids is 2. The van der Waals surface area contributed by atoms with Gasteiger partial charge in [0.15, 0.2) is 5.13 Å². The van der Waals surface area contributed by atoms with Gasteiger partial charge in [-0.15, -0.1) is 11.3 Å². The maximum Gasteiger partial charge on any atom is 0.315 e. The van der Waals surface area contributed by atoms with Gasteiger partial charge in [-0.25, -0.2) is 14.2 Å². The molecule has 0 aliphatic carbocycles. The molecule has 1 heterocycles. The van der Waals surface area contributed by atoms with Gasteiger partial charge < -0.3 is 16.0 Å². The molecule has 2 aromatic rings. The van der Waals surface area contributed by atoms with Crippen LogP contribution in [0, 0.1) is 12.7 Å². The number of nitrogens with one attached hydrogen (secondary N) is 3.